The molecular weight excluding hydrogens is 318 g/mol. The number of hydrogen-bond acceptors (Lipinski definition) is 4. The van der Waals surface area contributed by atoms with E-state index < -0.39 is 0 Å². The maximum Gasteiger partial charge on any atom is 0.181 e. The summed E-state index contributed by atoms with van der Waals surface area (Å²) >= 11 is 1.68. The van der Waals surface area contributed by atoms with E-state index in [9.17, 15) is 5.11 Å². The number of nitrogens with zero attached hydrogens (tertiary/aromatic N) is 3. The summed E-state index contributed by atoms with van der Waals surface area (Å²) in [5.41, 5.74) is 2.99. The zero-order valence-corrected chi connectivity index (χ0v) is 14.5. The van der Waals surface area contributed by atoms with Gasteiger partial charge in [-0.25, -0.2) is 4.98 Å². The minimum atomic E-state index is -0.357. The summed E-state index contributed by atoms with van der Waals surface area (Å²) in [7, 11) is 1.90. The molecule has 4 rings (SSSR count). The van der Waals surface area contributed by atoms with Gasteiger partial charge < -0.3 is 5.11 Å². The maximum absolute atomic E-state index is 10.2. The Labute approximate surface area is 144 Å². The number of rotatable bonds is 4. The van der Waals surface area contributed by atoms with Crippen LogP contribution in [0.1, 0.15) is 30.7 Å². The fraction of sp³-hybridized carbons (Fsp3) is 0.263. The van der Waals surface area contributed by atoms with E-state index in [-0.39, 0.29) is 6.10 Å². The molecule has 0 aliphatic heterocycles. The van der Waals surface area contributed by atoms with E-state index in [1.165, 1.54) is 10.1 Å². The van der Waals surface area contributed by atoms with Crippen molar-refractivity contribution >= 4 is 32.5 Å². The van der Waals surface area contributed by atoms with Crippen LogP contribution in [0.5, 0.6) is 0 Å². The number of hydrogen-bond donors (Lipinski definition) is 1. The van der Waals surface area contributed by atoms with Gasteiger partial charge in [0.2, 0.25) is 0 Å². The first kappa shape index (κ1) is 15.3. The third kappa shape index (κ3) is 2.70. The summed E-state index contributed by atoms with van der Waals surface area (Å²) < 4.78 is 2.98. The van der Waals surface area contributed by atoms with Crippen LogP contribution in [0.15, 0.2) is 42.7 Å². The van der Waals surface area contributed by atoms with Gasteiger partial charge in [0.05, 0.1) is 6.10 Å². The second kappa shape index (κ2) is 6.00. The highest BCUT2D eigenvalue weighted by atomic mass is 32.1. The first-order valence-corrected chi connectivity index (χ1v) is 8.97. The van der Waals surface area contributed by atoms with Crippen molar-refractivity contribution in [1.82, 2.24) is 14.8 Å². The average Bonchev–Trinajstić information content (AvgIpc) is 3.15. The summed E-state index contributed by atoms with van der Waals surface area (Å²) in [4.78, 5) is 5.49. The lowest BCUT2D eigenvalue weighted by Gasteiger charge is -2.04. The van der Waals surface area contributed by atoms with Crippen LogP contribution in [-0.4, -0.2) is 19.9 Å². The SMILES string of the molecule is CCCC(O)c1cc2ccc(-c3cnc4nn(C)cc4c3)cc2s1. The van der Waals surface area contributed by atoms with Crippen LogP contribution in [0.3, 0.4) is 0 Å². The van der Waals surface area contributed by atoms with Crippen LogP contribution in [0.2, 0.25) is 0 Å². The van der Waals surface area contributed by atoms with E-state index in [2.05, 4.69) is 47.3 Å². The van der Waals surface area contributed by atoms with E-state index in [4.69, 9.17) is 0 Å². The molecular formula is C19H19N3OS. The number of pyridine rings is 1. The van der Waals surface area contributed by atoms with Gasteiger partial charge in [-0.3, -0.25) is 4.68 Å². The van der Waals surface area contributed by atoms with Crippen molar-refractivity contribution in [3.63, 3.8) is 0 Å². The maximum atomic E-state index is 10.2. The van der Waals surface area contributed by atoms with E-state index >= 15 is 0 Å². The first-order valence-electron chi connectivity index (χ1n) is 8.15. The Balaban J connectivity index is 1.75. The molecule has 0 bridgehead atoms. The highest BCUT2D eigenvalue weighted by Gasteiger charge is 2.11. The third-order valence-electron chi connectivity index (χ3n) is 4.24. The van der Waals surface area contributed by atoms with E-state index in [0.29, 0.717) is 0 Å². The van der Waals surface area contributed by atoms with Crippen molar-refractivity contribution < 1.29 is 5.11 Å². The molecule has 4 aromatic rings. The average molecular weight is 337 g/mol. The molecule has 1 unspecified atom stereocenters. The topological polar surface area (TPSA) is 50.9 Å². The molecule has 3 aromatic heterocycles. The largest absolute Gasteiger partial charge is 0.388 e. The third-order valence-corrected chi connectivity index (χ3v) is 5.44. The van der Waals surface area contributed by atoms with Crippen LogP contribution in [0.4, 0.5) is 0 Å². The number of aliphatic hydroxyl groups excluding tert-OH is 1. The molecule has 0 spiro atoms. The van der Waals surface area contributed by atoms with Gasteiger partial charge in [0, 0.05) is 40.0 Å². The molecule has 1 N–H and O–H groups in total. The summed E-state index contributed by atoms with van der Waals surface area (Å²) in [6.45, 7) is 2.09. The zero-order chi connectivity index (χ0) is 16.7. The van der Waals surface area contributed by atoms with Crippen molar-refractivity contribution in [2.24, 2.45) is 7.05 Å². The highest BCUT2D eigenvalue weighted by molar-refractivity contribution is 7.19. The second-order valence-electron chi connectivity index (χ2n) is 6.15. The number of aryl methyl sites for hydroxylation is 1. The van der Waals surface area contributed by atoms with Gasteiger partial charge in [-0.1, -0.05) is 25.5 Å². The second-order valence-corrected chi connectivity index (χ2v) is 7.26. The lowest BCUT2D eigenvalue weighted by Crippen LogP contribution is -1.91. The van der Waals surface area contributed by atoms with Crippen molar-refractivity contribution in [2.75, 3.05) is 0 Å². The van der Waals surface area contributed by atoms with Crippen molar-refractivity contribution in [3.8, 4) is 11.1 Å². The van der Waals surface area contributed by atoms with Crippen molar-refractivity contribution in [3.05, 3.63) is 47.6 Å². The van der Waals surface area contributed by atoms with E-state index in [1.807, 2.05) is 19.4 Å². The van der Waals surface area contributed by atoms with Gasteiger partial charge in [-0.2, -0.15) is 5.10 Å². The predicted octanol–water partition coefficient (Wildman–Crippen LogP) is 4.68. The monoisotopic (exact) mass is 337 g/mol. The van der Waals surface area contributed by atoms with Crippen LogP contribution < -0.4 is 0 Å². The molecule has 0 radical (unpaired) electrons. The lowest BCUT2D eigenvalue weighted by atomic mass is 10.1. The standard InChI is InChI=1S/C19H19N3OS/c1-3-4-16(23)18-9-13-6-5-12(8-17(13)24-18)14-7-15-11-22(2)21-19(15)20-10-14/h5-11,16,23H,3-4H2,1-2H3. The van der Waals surface area contributed by atoms with Gasteiger partial charge in [0.15, 0.2) is 5.65 Å². The Morgan fingerprint density at radius 3 is 2.88 bits per heavy atom. The molecule has 0 saturated heterocycles. The highest BCUT2D eigenvalue weighted by Crippen LogP contribution is 2.34. The molecule has 0 fully saturated rings. The van der Waals surface area contributed by atoms with Gasteiger partial charge in [0.25, 0.3) is 0 Å². The number of thiophene rings is 1. The summed E-state index contributed by atoms with van der Waals surface area (Å²) in [6.07, 6.45) is 5.29. The Bertz CT molecular complexity index is 1020. The van der Waals surface area contributed by atoms with Crippen LogP contribution in [0.25, 0.3) is 32.2 Å². The minimum absolute atomic E-state index is 0.357. The van der Waals surface area contributed by atoms with Gasteiger partial charge >= 0.3 is 0 Å². The molecule has 4 nitrogen and oxygen atoms in total. The fourth-order valence-corrected chi connectivity index (χ4v) is 4.13. The van der Waals surface area contributed by atoms with Crippen molar-refractivity contribution in [2.45, 2.75) is 25.9 Å². The van der Waals surface area contributed by atoms with E-state index in [0.717, 1.165) is 39.9 Å². The Kier molecular flexibility index (Phi) is 3.82. The fourth-order valence-electron chi connectivity index (χ4n) is 3.00. The molecule has 0 aliphatic rings. The Morgan fingerprint density at radius 2 is 2.04 bits per heavy atom. The summed E-state index contributed by atoms with van der Waals surface area (Å²) in [5.74, 6) is 0. The molecule has 0 amide bonds. The van der Waals surface area contributed by atoms with Gasteiger partial charge in [-0.05, 0) is 35.6 Å². The van der Waals surface area contributed by atoms with Gasteiger partial charge in [-0.15, -0.1) is 11.3 Å². The molecule has 0 saturated carbocycles. The van der Waals surface area contributed by atoms with Crippen molar-refractivity contribution in [1.29, 1.82) is 0 Å². The number of benzene rings is 1. The molecule has 5 heteroatoms. The quantitative estimate of drug-likeness (QED) is 0.588. The summed E-state index contributed by atoms with van der Waals surface area (Å²) in [5, 5.41) is 16.8. The van der Waals surface area contributed by atoms with Crippen LogP contribution in [0, 0.1) is 0 Å². The molecule has 0 aliphatic carbocycles. The van der Waals surface area contributed by atoms with Gasteiger partial charge in [0.1, 0.15) is 0 Å². The Hall–Kier alpha value is -2.24. The lowest BCUT2D eigenvalue weighted by molar-refractivity contribution is 0.170. The Morgan fingerprint density at radius 1 is 1.17 bits per heavy atom. The van der Waals surface area contributed by atoms with E-state index in [1.54, 1.807) is 16.0 Å². The molecule has 24 heavy (non-hydrogen) atoms. The normalized spacial score (nSPS) is 13.0. The minimum Gasteiger partial charge on any atom is -0.388 e. The predicted molar refractivity (Wildman–Crippen MR) is 99.2 cm³/mol. The summed E-state index contributed by atoms with van der Waals surface area (Å²) in [6, 6.07) is 10.6. The smallest absolute Gasteiger partial charge is 0.181 e. The molecule has 1 atom stereocenters. The first-order chi connectivity index (χ1) is 11.6. The number of aliphatic hydroxyl groups is 1. The number of fused-ring (bicyclic) bond motifs is 2. The zero-order valence-electron chi connectivity index (χ0n) is 13.7. The number of aromatic nitrogens is 3. The molecule has 122 valence electrons. The van der Waals surface area contributed by atoms with Crippen LogP contribution >= 0.6 is 11.3 Å². The molecule has 1 aromatic carbocycles. The molecule has 3 heterocycles. The van der Waals surface area contributed by atoms with Crippen LogP contribution in [-0.2, 0) is 7.05 Å².